The molecule has 0 saturated carbocycles. The number of nitrogens with one attached hydrogen (secondary N) is 1. The van der Waals surface area contributed by atoms with Crippen molar-refractivity contribution in [3.8, 4) is 0 Å². The van der Waals surface area contributed by atoms with Gasteiger partial charge in [-0.05, 0) is 37.6 Å². The summed E-state index contributed by atoms with van der Waals surface area (Å²) in [6.45, 7) is 3.68. The number of nitrogens with zero attached hydrogens (tertiary/aromatic N) is 1. The number of hydrogen-bond acceptors (Lipinski definition) is 2. The van der Waals surface area contributed by atoms with Crippen molar-refractivity contribution in [1.82, 2.24) is 4.98 Å². The van der Waals surface area contributed by atoms with E-state index in [2.05, 4.69) is 10.3 Å². The minimum Gasteiger partial charge on any atom is -0.307 e. The molecule has 0 fully saturated rings. The molecule has 1 aromatic carbocycles. The van der Waals surface area contributed by atoms with Crippen molar-refractivity contribution in [3.05, 3.63) is 65.4 Å². The first kappa shape index (κ1) is 13.0. The minimum absolute atomic E-state index is 0.137. The Bertz CT molecular complexity index is 603. The van der Waals surface area contributed by atoms with Crippen LogP contribution < -0.4 is 5.32 Å². The normalized spacial score (nSPS) is 11.2. The van der Waals surface area contributed by atoms with Gasteiger partial charge in [-0.1, -0.05) is 36.4 Å². The van der Waals surface area contributed by atoms with Crippen molar-refractivity contribution in [2.24, 2.45) is 0 Å². The smallest absolute Gasteiger partial charge is 0.252 e. The molecule has 19 heavy (non-hydrogen) atoms. The van der Waals surface area contributed by atoms with E-state index in [0.717, 1.165) is 11.3 Å². The standard InChI is InChI=1S/C16H16N2O/c1-12(11-14-8-4-3-5-9-14)16(19)18-15-10-6-7-13(2)17-15/h3-11H,1-2H3,(H,17,18,19)/b12-11-. The van der Waals surface area contributed by atoms with Crippen molar-refractivity contribution in [2.45, 2.75) is 13.8 Å². The second kappa shape index (κ2) is 5.96. The van der Waals surface area contributed by atoms with E-state index >= 15 is 0 Å². The van der Waals surface area contributed by atoms with E-state index in [0.29, 0.717) is 11.4 Å². The highest BCUT2D eigenvalue weighted by Crippen LogP contribution is 2.09. The van der Waals surface area contributed by atoms with Crippen LogP contribution in [-0.2, 0) is 4.79 Å². The average molecular weight is 252 g/mol. The van der Waals surface area contributed by atoms with Gasteiger partial charge in [-0.15, -0.1) is 0 Å². The van der Waals surface area contributed by atoms with E-state index in [9.17, 15) is 4.79 Å². The molecule has 3 heteroatoms. The Hall–Kier alpha value is -2.42. The van der Waals surface area contributed by atoms with Crippen LogP contribution in [0.2, 0.25) is 0 Å². The summed E-state index contributed by atoms with van der Waals surface area (Å²) in [6, 6.07) is 15.3. The van der Waals surface area contributed by atoms with Crippen LogP contribution in [0.5, 0.6) is 0 Å². The molecule has 3 nitrogen and oxygen atoms in total. The molecule has 2 aromatic rings. The second-order valence-corrected chi connectivity index (χ2v) is 4.36. The topological polar surface area (TPSA) is 42.0 Å². The zero-order valence-corrected chi connectivity index (χ0v) is 11.1. The van der Waals surface area contributed by atoms with Crippen LogP contribution >= 0.6 is 0 Å². The monoisotopic (exact) mass is 252 g/mol. The number of aryl methyl sites for hydroxylation is 1. The first-order chi connectivity index (χ1) is 9.15. The maximum Gasteiger partial charge on any atom is 0.252 e. The van der Waals surface area contributed by atoms with Crippen LogP contribution in [0.4, 0.5) is 5.82 Å². The number of anilines is 1. The number of amides is 1. The number of pyridine rings is 1. The molecular weight excluding hydrogens is 236 g/mol. The van der Waals surface area contributed by atoms with Gasteiger partial charge in [0.1, 0.15) is 5.82 Å². The Balaban J connectivity index is 2.10. The molecule has 2 rings (SSSR count). The van der Waals surface area contributed by atoms with E-state index in [-0.39, 0.29) is 5.91 Å². The van der Waals surface area contributed by atoms with E-state index in [1.54, 1.807) is 13.0 Å². The summed E-state index contributed by atoms with van der Waals surface area (Å²) in [4.78, 5) is 16.3. The highest BCUT2D eigenvalue weighted by Gasteiger charge is 2.05. The van der Waals surface area contributed by atoms with Gasteiger partial charge in [0.25, 0.3) is 5.91 Å². The molecule has 0 unspecified atom stereocenters. The summed E-state index contributed by atoms with van der Waals surface area (Å²) >= 11 is 0. The summed E-state index contributed by atoms with van der Waals surface area (Å²) in [5.41, 5.74) is 2.53. The third-order valence-electron chi connectivity index (χ3n) is 2.67. The zero-order chi connectivity index (χ0) is 13.7. The van der Waals surface area contributed by atoms with Crippen LogP contribution in [0.3, 0.4) is 0 Å². The minimum atomic E-state index is -0.137. The van der Waals surface area contributed by atoms with Crippen molar-refractivity contribution in [2.75, 3.05) is 5.32 Å². The Morgan fingerprint density at radius 2 is 1.84 bits per heavy atom. The SMILES string of the molecule is C/C(=C/c1ccccc1)C(=O)Nc1cccc(C)n1. The maximum absolute atomic E-state index is 12.0. The number of carbonyl (C=O) groups is 1. The molecule has 1 N–H and O–H groups in total. The molecule has 0 saturated heterocycles. The van der Waals surface area contributed by atoms with Gasteiger partial charge in [0.2, 0.25) is 0 Å². The molecule has 0 aliphatic rings. The highest BCUT2D eigenvalue weighted by molar-refractivity contribution is 6.05. The van der Waals surface area contributed by atoms with Crippen LogP contribution in [0.25, 0.3) is 6.08 Å². The molecule has 0 bridgehead atoms. The summed E-state index contributed by atoms with van der Waals surface area (Å²) in [5, 5.41) is 2.78. The first-order valence-electron chi connectivity index (χ1n) is 6.13. The van der Waals surface area contributed by atoms with Crippen LogP contribution in [-0.4, -0.2) is 10.9 Å². The van der Waals surface area contributed by atoms with E-state index in [4.69, 9.17) is 0 Å². The molecule has 0 radical (unpaired) electrons. The third-order valence-corrected chi connectivity index (χ3v) is 2.67. The van der Waals surface area contributed by atoms with Crippen LogP contribution in [0.15, 0.2) is 54.1 Å². The Labute approximate surface area is 113 Å². The fourth-order valence-corrected chi connectivity index (χ4v) is 1.69. The molecule has 1 amide bonds. The van der Waals surface area contributed by atoms with Gasteiger partial charge >= 0.3 is 0 Å². The largest absolute Gasteiger partial charge is 0.307 e. The Kier molecular flexibility index (Phi) is 4.08. The summed E-state index contributed by atoms with van der Waals surface area (Å²) < 4.78 is 0. The fourth-order valence-electron chi connectivity index (χ4n) is 1.69. The lowest BCUT2D eigenvalue weighted by atomic mass is 10.1. The Morgan fingerprint density at radius 3 is 2.53 bits per heavy atom. The molecule has 1 heterocycles. The lowest BCUT2D eigenvalue weighted by Gasteiger charge is -2.05. The first-order valence-corrected chi connectivity index (χ1v) is 6.13. The quantitative estimate of drug-likeness (QED) is 0.850. The maximum atomic E-state index is 12.0. The van der Waals surface area contributed by atoms with Crippen molar-refractivity contribution >= 4 is 17.8 Å². The van der Waals surface area contributed by atoms with Gasteiger partial charge in [0, 0.05) is 11.3 Å². The average Bonchev–Trinajstić information content (AvgIpc) is 2.40. The zero-order valence-electron chi connectivity index (χ0n) is 11.1. The fraction of sp³-hybridized carbons (Fsp3) is 0.125. The lowest BCUT2D eigenvalue weighted by Crippen LogP contribution is -2.13. The van der Waals surface area contributed by atoms with Gasteiger partial charge in [0.15, 0.2) is 0 Å². The number of carbonyl (C=O) groups excluding carboxylic acids is 1. The van der Waals surface area contributed by atoms with E-state index in [1.165, 1.54) is 0 Å². The number of benzene rings is 1. The van der Waals surface area contributed by atoms with Crippen molar-refractivity contribution in [1.29, 1.82) is 0 Å². The van der Waals surface area contributed by atoms with Gasteiger partial charge in [-0.3, -0.25) is 4.79 Å². The number of aromatic nitrogens is 1. The third kappa shape index (κ3) is 3.78. The molecule has 0 atom stereocenters. The van der Waals surface area contributed by atoms with Gasteiger partial charge < -0.3 is 5.32 Å². The highest BCUT2D eigenvalue weighted by atomic mass is 16.1. The predicted molar refractivity (Wildman–Crippen MR) is 77.7 cm³/mol. The van der Waals surface area contributed by atoms with Gasteiger partial charge in [-0.25, -0.2) is 4.98 Å². The molecule has 1 aromatic heterocycles. The predicted octanol–water partition coefficient (Wildman–Crippen LogP) is 3.43. The Morgan fingerprint density at radius 1 is 1.11 bits per heavy atom. The second-order valence-electron chi connectivity index (χ2n) is 4.36. The van der Waals surface area contributed by atoms with Crippen molar-refractivity contribution in [3.63, 3.8) is 0 Å². The van der Waals surface area contributed by atoms with Crippen molar-refractivity contribution < 1.29 is 4.79 Å². The summed E-state index contributed by atoms with van der Waals surface area (Å²) in [6.07, 6.45) is 1.85. The lowest BCUT2D eigenvalue weighted by molar-refractivity contribution is -0.112. The van der Waals surface area contributed by atoms with Crippen LogP contribution in [0, 0.1) is 6.92 Å². The van der Waals surface area contributed by atoms with Crippen LogP contribution in [0.1, 0.15) is 18.2 Å². The summed E-state index contributed by atoms with van der Waals surface area (Å²) in [5.74, 6) is 0.438. The van der Waals surface area contributed by atoms with Gasteiger partial charge in [0.05, 0.1) is 0 Å². The molecule has 0 aliphatic carbocycles. The number of hydrogen-bond donors (Lipinski definition) is 1. The van der Waals surface area contributed by atoms with Gasteiger partial charge in [-0.2, -0.15) is 0 Å². The van der Waals surface area contributed by atoms with E-state index < -0.39 is 0 Å². The number of rotatable bonds is 3. The summed E-state index contributed by atoms with van der Waals surface area (Å²) in [7, 11) is 0. The molecular formula is C16H16N2O. The molecule has 96 valence electrons. The molecule has 0 aliphatic heterocycles. The van der Waals surface area contributed by atoms with E-state index in [1.807, 2.05) is 55.5 Å². The molecule has 0 spiro atoms.